The Morgan fingerprint density at radius 2 is 1.80 bits per heavy atom. The van der Waals surface area contributed by atoms with Crippen molar-refractivity contribution in [1.82, 2.24) is 0 Å². The van der Waals surface area contributed by atoms with Gasteiger partial charge < -0.3 is 21.1 Å². The lowest BCUT2D eigenvalue weighted by molar-refractivity contribution is 0.0693. The maximum absolute atomic E-state index is 10.8. The summed E-state index contributed by atoms with van der Waals surface area (Å²) in [6.45, 7) is 1.30. The number of benzene rings is 1. The van der Waals surface area contributed by atoms with E-state index in [1.54, 1.807) is 0 Å². The molecule has 0 spiro atoms. The number of anilines is 1. The second-order valence-corrected chi connectivity index (χ2v) is 2.97. The maximum atomic E-state index is 10.8. The molecular weight excluding hydrogens is 202 g/mol. The van der Waals surface area contributed by atoms with Gasteiger partial charge in [-0.2, -0.15) is 0 Å². The summed E-state index contributed by atoms with van der Waals surface area (Å²) in [5.74, 6) is -3.31. The summed E-state index contributed by atoms with van der Waals surface area (Å²) in [5.41, 5.74) is 4.28. The summed E-state index contributed by atoms with van der Waals surface area (Å²) in [7, 11) is 0. The van der Waals surface area contributed by atoms with Gasteiger partial charge in [0.15, 0.2) is 5.75 Å². The average Bonchev–Trinajstić information content (AvgIpc) is 2.10. The molecule has 1 aromatic rings. The third kappa shape index (κ3) is 1.69. The summed E-state index contributed by atoms with van der Waals surface area (Å²) >= 11 is 0. The maximum Gasteiger partial charge on any atom is 0.339 e. The lowest BCUT2D eigenvalue weighted by Gasteiger charge is -2.09. The van der Waals surface area contributed by atoms with E-state index in [0.717, 1.165) is 6.07 Å². The molecular formula is C9H9NO5. The highest BCUT2D eigenvalue weighted by Crippen LogP contribution is 2.30. The molecule has 80 valence electrons. The van der Waals surface area contributed by atoms with Gasteiger partial charge in [0.05, 0.1) is 11.3 Å². The molecule has 0 bridgehead atoms. The molecule has 5 N–H and O–H groups in total. The van der Waals surface area contributed by atoms with Crippen molar-refractivity contribution in [3.63, 3.8) is 0 Å². The Bertz CT molecular complexity index is 452. The number of hydrogen-bond acceptors (Lipinski definition) is 4. The zero-order chi connectivity index (χ0) is 11.7. The predicted octanol–water partition coefficient (Wildman–Crippen LogP) is 0.679. The standard InChI is InChI=1S/C9H9NO5/c1-3-4(8(12)13)2-5(10)7(11)6(3)9(14)15/h2,11H,10H2,1H3,(H,12,13)(H,14,15). The second kappa shape index (κ2) is 3.49. The van der Waals surface area contributed by atoms with Crippen molar-refractivity contribution in [1.29, 1.82) is 0 Å². The highest BCUT2D eigenvalue weighted by molar-refractivity contribution is 6.00. The van der Waals surface area contributed by atoms with Gasteiger partial charge in [0, 0.05) is 0 Å². The van der Waals surface area contributed by atoms with Crippen LogP contribution in [0.15, 0.2) is 6.07 Å². The average molecular weight is 211 g/mol. The molecule has 1 aromatic carbocycles. The summed E-state index contributed by atoms with van der Waals surface area (Å²) in [4.78, 5) is 21.5. The fraction of sp³-hybridized carbons (Fsp3) is 0.111. The van der Waals surface area contributed by atoms with E-state index in [-0.39, 0.29) is 16.8 Å². The van der Waals surface area contributed by atoms with E-state index in [1.165, 1.54) is 6.92 Å². The molecule has 0 aliphatic carbocycles. The minimum absolute atomic E-state index is 0.0262. The van der Waals surface area contributed by atoms with Gasteiger partial charge in [0.25, 0.3) is 0 Å². The van der Waals surface area contributed by atoms with Gasteiger partial charge in [0.1, 0.15) is 5.56 Å². The van der Waals surface area contributed by atoms with Gasteiger partial charge in [-0.25, -0.2) is 9.59 Å². The third-order valence-corrected chi connectivity index (χ3v) is 2.03. The molecule has 0 fully saturated rings. The number of carbonyl (C=O) groups is 2. The van der Waals surface area contributed by atoms with Crippen LogP contribution in [0.25, 0.3) is 0 Å². The fourth-order valence-corrected chi connectivity index (χ4v) is 1.27. The fourth-order valence-electron chi connectivity index (χ4n) is 1.27. The Balaban J connectivity index is 3.63. The smallest absolute Gasteiger partial charge is 0.339 e. The van der Waals surface area contributed by atoms with Crippen LogP contribution in [0.5, 0.6) is 5.75 Å². The van der Waals surface area contributed by atoms with Crippen molar-refractivity contribution in [2.75, 3.05) is 5.73 Å². The van der Waals surface area contributed by atoms with E-state index in [2.05, 4.69) is 0 Å². The SMILES string of the molecule is Cc1c(C(=O)O)cc(N)c(O)c1C(=O)O. The van der Waals surface area contributed by atoms with E-state index < -0.39 is 23.3 Å². The summed E-state index contributed by atoms with van der Waals surface area (Å²) in [6, 6.07) is 1.03. The van der Waals surface area contributed by atoms with Crippen LogP contribution in [0.2, 0.25) is 0 Å². The molecule has 0 aromatic heterocycles. The van der Waals surface area contributed by atoms with Crippen LogP contribution in [-0.2, 0) is 0 Å². The summed E-state index contributed by atoms with van der Waals surface area (Å²) < 4.78 is 0. The number of nitrogen functional groups attached to an aromatic ring is 1. The van der Waals surface area contributed by atoms with Crippen LogP contribution in [0.4, 0.5) is 5.69 Å². The van der Waals surface area contributed by atoms with Gasteiger partial charge in [-0.3, -0.25) is 0 Å². The number of aromatic carboxylic acids is 2. The zero-order valence-corrected chi connectivity index (χ0v) is 7.81. The lowest BCUT2D eigenvalue weighted by Crippen LogP contribution is -2.09. The largest absolute Gasteiger partial charge is 0.505 e. The molecule has 1 rings (SSSR count). The first-order valence-corrected chi connectivity index (χ1v) is 3.95. The summed E-state index contributed by atoms with van der Waals surface area (Å²) in [6.07, 6.45) is 0. The first-order valence-electron chi connectivity index (χ1n) is 3.95. The van der Waals surface area contributed by atoms with Crippen LogP contribution in [0.3, 0.4) is 0 Å². The Labute approximate surface area is 84.6 Å². The number of phenols is 1. The number of nitrogens with two attached hydrogens (primary N) is 1. The summed E-state index contributed by atoms with van der Waals surface area (Å²) in [5, 5.41) is 26.9. The topological polar surface area (TPSA) is 121 Å². The molecule has 0 atom stereocenters. The van der Waals surface area contributed by atoms with Gasteiger partial charge in [-0.15, -0.1) is 0 Å². The van der Waals surface area contributed by atoms with E-state index in [4.69, 9.17) is 15.9 Å². The van der Waals surface area contributed by atoms with Crippen molar-refractivity contribution in [2.45, 2.75) is 6.92 Å². The Hall–Kier alpha value is -2.24. The van der Waals surface area contributed by atoms with Crippen LogP contribution in [0.1, 0.15) is 26.3 Å². The van der Waals surface area contributed by atoms with Gasteiger partial charge >= 0.3 is 11.9 Å². The Morgan fingerprint density at radius 3 is 2.20 bits per heavy atom. The minimum atomic E-state index is -1.42. The molecule has 0 amide bonds. The number of hydrogen-bond donors (Lipinski definition) is 4. The second-order valence-electron chi connectivity index (χ2n) is 2.97. The van der Waals surface area contributed by atoms with Crippen molar-refractivity contribution in [3.05, 3.63) is 22.8 Å². The quantitative estimate of drug-likeness (QED) is 0.421. The third-order valence-electron chi connectivity index (χ3n) is 2.03. The Morgan fingerprint density at radius 1 is 1.27 bits per heavy atom. The molecule has 0 aliphatic rings. The van der Waals surface area contributed by atoms with Crippen molar-refractivity contribution in [3.8, 4) is 5.75 Å². The van der Waals surface area contributed by atoms with Crippen LogP contribution >= 0.6 is 0 Å². The Kier molecular flexibility index (Phi) is 2.52. The van der Waals surface area contributed by atoms with Crippen LogP contribution < -0.4 is 5.73 Å². The number of aromatic hydroxyl groups is 1. The molecule has 0 aliphatic heterocycles. The van der Waals surface area contributed by atoms with Crippen molar-refractivity contribution < 1.29 is 24.9 Å². The monoisotopic (exact) mass is 211 g/mol. The van der Waals surface area contributed by atoms with Crippen LogP contribution in [-0.4, -0.2) is 27.3 Å². The number of carboxylic acid groups (broad SMARTS) is 2. The van der Waals surface area contributed by atoms with Crippen molar-refractivity contribution in [2.24, 2.45) is 0 Å². The molecule has 15 heavy (non-hydrogen) atoms. The highest BCUT2D eigenvalue weighted by atomic mass is 16.4. The molecule has 0 heterocycles. The van der Waals surface area contributed by atoms with Gasteiger partial charge in [-0.1, -0.05) is 0 Å². The first kappa shape index (κ1) is 10.8. The normalized spacial score (nSPS) is 9.93. The van der Waals surface area contributed by atoms with E-state index in [1.807, 2.05) is 0 Å². The number of carboxylic acids is 2. The minimum Gasteiger partial charge on any atom is -0.505 e. The van der Waals surface area contributed by atoms with E-state index in [9.17, 15) is 14.7 Å². The molecule has 0 unspecified atom stereocenters. The molecule has 0 radical (unpaired) electrons. The zero-order valence-electron chi connectivity index (χ0n) is 7.81. The predicted molar refractivity (Wildman–Crippen MR) is 51.2 cm³/mol. The van der Waals surface area contributed by atoms with E-state index in [0.29, 0.717) is 0 Å². The van der Waals surface area contributed by atoms with Gasteiger partial charge in [-0.05, 0) is 18.6 Å². The molecule has 6 heteroatoms. The highest BCUT2D eigenvalue weighted by Gasteiger charge is 2.21. The molecule has 0 saturated heterocycles. The lowest BCUT2D eigenvalue weighted by atomic mass is 10.00. The molecule has 6 nitrogen and oxygen atoms in total. The number of rotatable bonds is 2. The first-order chi connectivity index (χ1) is 6.86. The van der Waals surface area contributed by atoms with Crippen LogP contribution in [0, 0.1) is 6.92 Å². The molecule has 0 saturated carbocycles. The van der Waals surface area contributed by atoms with E-state index >= 15 is 0 Å². The van der Waals surface area contributed by atoms with Crippen molar-refractivity contribution >= 4 is 17.6 Å². The van der Waals surface area contributed by atoms with Gasteiger partial charge in [0.2, 0.25) is 0 Å².